The van der Waals surface area contributed by atoms with Gasteiger partial charge in [0.15, 0.2) is 0 Å². The van der Waals surface area contributed by atoms with Gasteiger partial charge in [0, 0.05) is 28.8 Å². The molecule has 4 aromatic rings. The number of piperidine rings is 1. The van der Waals surface area contributed by atoms with E-state index in [4.69, 9.17) is 5.73 Å². The number of allylic oxidation sites excluding steroid dienone is 3. The van der Waals surface area contributed by atoms with Gasteiger partial charge in [-0.05, 0) is 85.0 Å². The molecule has 0 spiro atoms. The smallest absolute Gasteiger partial charge is 0.123 e. The summed E-state index contributed by atoms with van der Waals surface area (Å²) < 4.78 is 14.0. The summed E-state index contributed by atoms with van der Waals surface area (Å²) in [4.78, 5) is 3.56. The van der Waals surface area contributed by atoms with Crippen molar-refractivity contribution in [2.45, 2.75) is 25.2 Å². The molecule has 5 N–H and O–H groups in total. The van der Waals surface area contributed by atoms with Crippen molar-refractivity contribution in [2.75, 3.05) is 13.1 Å². The normalized spacial score (nSPS) is 16.9. The molecule has 2 aliphatic rings. The lowest BCUT2D eigenvalue weighted by atomic mass is 9.89. The van der Waals surface area contributed by atoms with Crippen molar-refractivity contribution in [1.29, 1.82) is 0 Å². The van der Waals surface area contributed by atoms with E-state index in [0.29, 0.717) is 12.3 Å². The van der Waals surface area contributed by atoms with Gasteiger partial charge in [0.25, 0.3) is 0 Å². The Bertz CT molecular complexity index is 1400. The summed E-state index contributed by atoms with van der Waals surface area (Å²) >= 11 is 0. The maximum Gasteiger partial charge on any atom is 0.123 e. The number of nitrogens with one attached hydrogen (secondary N) is 3. The molecule has 1 aliphatic heterocycles. The number of aromatic amines is 2. The lowest BCUT2D eigenvalue weighted by molar-refractivity contribution is 0.460. The van der Waals surface area contributed by atoms with E-state index in [1.54, 1.807) is 12.1 Å². The molecule has 1 saturated heterocycles. The topological polar surface area (TPSA) is 82.5 Å². The maximum atomic E-state index is 14.0. The highest BCUT2D eigenvalue weighted by atomic mass is 19.1. The summed E-state index contributed by atoms with van der Waals surface area (Å²) in [7, 11) is 0. The molecule has 0 radical (unpaired) electrons. The van der Waals surface area contributed by atoms with Crippen LogP contribution in [0.15, 0.2) is 66.4 Å². The third-order valence-corrected chi connectivity index (χ3v) is 6.82. The van der Waals surface area contributed by atoms with E-state index < -0.39 is 0 Å². The van der Waals surface area contributed by atoms with Crippen LogP contribution in [0.5, 0.6) is 0 Å². The van der Waals surface area contributed by atoms with Crippen molar-refractivity contribution in [2.24, 2.45) is 5.73 Å². The number of benzene rings is 2. The van der Waals surface area contributed by atoms with Gasteiger partial charge in [-0.25, -0.2) is 4.39 Å². The number of H-pyrrole nitrogens is 2. The molecule has 6 rings (SSSR count). The van der Waals surface area contributed by atoms with Crippen LogP contribution in [-0.2, 0) is 6.42 Å². The summed E-state index contributed by atoms with van der Waals surface area (Å²) in [5.74, 6) is 0.321. The number of hydrogen-bond acceptors (Lipinski definition) is 3. The van der Waals surface area contributed by atoms with E-state index in [-0.39, 0.29) is 5.82 Å². The van der Waals surface area contributed by atoms with Crippen molar-refractivity contribution in [1.82, 2.24) is 20.5 Å². The zero-order valence-electron chi connectivity index (χ0n) is 18.3. The van der Waals surface area contributed by atoms with E-state index in [0.717, 1.165) is 76.3 Å². The fraction of sp³-hybridized carbons (Fsp3) is 0.222. The van der Waals surface area contributed by atoms with Crippen molar-refractivity contribution in [3.8, 4) is 11.4 Å². The molecule has 2 aromatic carbocycles. The van der Waals surface area contributed by atoms with Crippen LogP contribution in [0.25, 0.3) is 27.9 Å². The van der Waals surface area contributed by atoms with Crippen LogP contribution >= 0.6 is 0 Å². The number of aromatic nitrogens is 3. The molecule has 5 nitrogen and oxygen atoms in total. The molecule has 166 valence electrons. The Hall–Kier alpha value is -3.64. The second-order valence-electron chi connectivity index (χ2n) is 8.99. The lowest BCUT2D eigenvalue weighted by Crippen LogP contribution is -2.26. The Kier molecular flexibility index (Phi) is 4.88. The first-order valence-electron chi connectivity index (χ1n) is 11.5. The predicted molar refractivity (Wildman–Crippen MR) is 130 cm³/mol. The molecule has 0 saturated carbocycles. The molecule has 1 fully saturated rings. The Morgan fingerprint density at radius 2 is 1.88 bits per heavy atom. The van der Waals surface area contributed by atoms with E-state index >= 15 is 0 Å². The molecule has 6 heteroatoms. The first kappa shape index (κ1) is 20.0. The van der Waals surface area contributed by atoms with Crippen molar-refractivity contribution in [3.05, 3.63) is 94.6 Å². The van der Waals surface area contributed by atoms with Gasteiger partial charge < -0.3 is 16.0 Å². The van der Waals surface area contributed by atoms with Gasteiger partial charge in [-0.2, -0.15) is 5.10 Å². The van der Waals surface area contributed by atoms with Crippen LogP contribution in [0.4, 0.5) is 4.39 Å². The van der Waals surface area contributed by atoms with Gasteiger partial charge in [-0.1, -0.05) is 24.3 Å². The molecule has 0 atom stereocenters. The fourth-order valence-electron chi connectivity index (χ4n) is 5.10. The van der Waals surface area contributed by atoms with Crippen molar-refractivity contribution < 1.29 is 4.39 Å². The zero-order valence-corrected chi connectivity index (χ0v) is 18.3. The molecule has 0 amide bonds. The number of halogens is 1. The molecular formula is C27H26FN5. The number of nitrogens with two attached hydrogens (primary N) is 1. The second kappa shape index (κ2) is 8.05. The van der Waals surface area contributed by atoms with Crippen molar-refractivity contribution in [3.63, 3.8) is 0 Å². The van der Waals surface area contributed by atoms with Crippen LogP contribution in [-0.4, -0.2) is 28.3 Å². The SMILES string of the molecule is NC1=CC=C(c2cccc(F)c2)c2cc(-c3n[nH]c4ccc(C5CCNCC5)cc34)[nH]c2C1. The van der Waals surface area contributed by atoms with Gasteiger partial charge in [-0.15, -0.1) is 0 Å². The molecule has 3 heterocycles. The summed E-state index contributed by atoms with van der Waals surface area (Å²) in [5, 5.41) is 12.4. The van der Waals surface area contributed by atoms with E-state index in [9.17, 15) is 4.39 Å². The Morgan fingerprint density at radius 3 is 2.73 bits per heavy atom. The van der Waals surface area contributed by atoms with Crippen LogP contribution in [0.3, 0.4) is 0 Å². The molecular weight excluding hydrogens is 413 g/mol. The Balaban J connectivity index is 1.44. The summed E-state index contributed by atoms with van der Waals surface area (Å²) in [6, 6.07) is 15.4. The molecule has 2 aromatic heterocycles. The molecule has 0 bridgehead atoms. The molecule has 1 aliphatic carbocycles. The first-order chi connectivity index (χ1) is 16.2. The standard InChI is InChI=1S/C27H26FN5/c28-19-3-1-2-18(12-19)21-6-5-20(29)14-25-22(21)15-26(31-25)27-23-13-17(4-7-24(23)32-33-27)16-8-10-30-11-9-16/h1-7,12-13,15-16,30-31H,8-11,14,29H2,(H,32,33). The van der Waals surface area contributed by atoms with Gasteiger partial charge in [0.05, 0.1) is 11.2 Å². The number of fused-ring (bicyclic) bond motifs is 2. The summed E-state index contributed by atoms with van der Waals surface area (Å²) in [6.45, 7) is 2.13. The average molecular weight is 440 g/mol. The highest BCUT2D eigenvalue weighted by molar-refractivity contribution is 5.94. The summed E-state index contributed by atoms with van der Waals surface area (Å²) in [5.41, 5.74) is 15.0. The average Bonchev–Trinajstić information content (AvgIpc) is 3.40. The minimum atomic E-state index is -0.254. The van der Waals surface area contributed by atoms with Crippen molar-refractivity contribution >= 4 is 16.5 Å². The monoisotopic (exact) mass is 439 g/mol. The fourth-order valence-corrected chi connectivity index (χ4v) is 5.10. The van der Waals surface area contributed by atoms with Gasteiger partial charge in [-0.3, -0.25) is 5.10 Å². The molecule has 33 heavy (non-hydrogen) atoms. The number of hydrogen-bond donors (Lipinski definition) is 4. The maximum absolute atomic E-state index is 14.0. The van der Waals surface area contributed by atoms with Crippen LogP contribution in [0, 0.1) is 5.82 Å². The third-order valence-electron chi connectivity index (χ3n) is 6.82. The predicted octanol–water partition coefficient (Wildman–Crippen LogP) is 4.99. The van der Waals surface area contributed by atoms with Gasteiger partial charge in [0.2, 0.25) is 0 Å². The van der Waals surface area contributed by atoms with E-state index in [2.05, 4.69) is 44.8 Å². The van der Waals surface area contributed by atoms with Crippen LogP contribution in [0.2, 0.25) is 0 Å². The quantitative estimate of drug-likeness (QED) is 0.363. The van der Waals surface area contributed by atoms with Gasteiger partial charge in [0.1, 0.15) is 11.5 Å². The largest absolute Gasteiger partial charge is 0.402 e. The van der Waals surface area contributed by atoms with E-state index in [1.165, 1.54) is 11.6 Å². The second-order valence-corrected chi connectivity index (χ2v) is 8.99. The number of rotatable bonds is 3. The first-order valence-corrected chi connectivity index (χ1v) is 11.5. The lowest BCUT2D eigenvalue weighted by Gasteiger charge is -2.23. The number of nitrogens with zero attached hydrogens (tertiary/aromatic N) is 1. The highest BCUT2D eigenvalue weighted by Gasteiger charge is 2.21. The van der Waals surface area contributed by atoms with Gasteiger partial charge >= 0.3 is 0 Å². The zero-order chi connectivity index (χ0) is 22.4. The van der Waals surface area contributed by atoms with Crippen LogP contribution < -0.4 is 11.1 Å². The Morgan fingerprint density at radius 1 is 1.00 bits per heavy atom. The van der Waals surface area contributed by atoms with Crippen LogP contribution in [0.1, 0.15) is 41.1 Å². The Labute approximate surface area is 191 Å². The van der Waals surface area contributed by atoms with E-state index in [1.807, 2.05) is 18.2 Å². The molecule has 0 unspecified atom stereocenters. The summed E-state index contributed by atoms with van der Waals surface area (Å²) in [6.07, 6.45) is 6.80. The minimum absolute atomic E-state index is 0.254. The minimum Gasteiger partial charge on any atom is -0.402 e. The highest BCUT2D eigenvalue weighted by Crippen LogP contribution is 2.36. The third kappa shape index (κ3) is 3.66.